The molecule has 0 unspecified atom stereocenters. The third kappa shape index (κ3) is 2.18. The molecule has 4 aromatic rings. The Hall–Kier alpha value is -1.98. The molecule has 0 aliphatic rings. The summed E-state index contributed by atoms with van der Waals surface area (Å²) >= 11 is 5.20. The van der Waals surface area contributed by atoms with Crippen LogP contribution in [-0.4, -0.2) is 9.97 Å². The lowest BCUT2D eigenvalue weighted by Gasteiger charge is -2.09. The Balaban J connectivity index is 1.84. The summed E-state index contributed by atoms with van der Waals surface area (Å²) in [4.78, 5) is 9.41. The van der Waals surface area contributed by atoms with Crippen LogP contribution in [0.15, 0.2) is 58.6 Å². The van der Waals surface area contributed by atoms with Gasteiger partial charge in [-0.05, 0) is 44.2 Å². The number of hydrogen-bond acceptors (Lipinski definition) is 4. The zero-order chi connectivity index (χ0) is 14.2. The van der Waals surface area contributed by atoms with Crippen molar-refractivity contribution in [3.05, 3.63) is 58.6 Å². The van der Waals surface area contributed by atoms with E-state index >= 15 is 0 Å². The van der Waals surface area contributed by atoms with Crippen molar-refractivity contribution >= 4 is 48.3 Å². The van der Waals surface area contributed by atoms with Crippen LogP contribution in [0.3, 0.4) is 0 Å². The minimum atomic E-state index is 0.581. The third-order valence-corrected chi connectivity index (χ3v) is 4.90. The molecule has 0 atom stereocenters. The monoisotopic (exact) mass is 356 g/mol. The summed E-state index contributed by atoms with van der Waals surface area (Å²) in [5.41, 5.74) is 0. The molecule has 0 aliphatic carbocycles. The predicted molar refractivity (Wildman–Crippen MR) is 89.1 cm³/mol. The highest BCUT2D eigenvalue weighted by Crippen LogP contribution is 2.37. The van der Waals surface area contributed by atoms with Gasteiger partial charge in [-0.15, -0.1) is 11.3 Å². The molecule has 0 fully saturated rings. The van der Waals surface area contributed by atoms with Gasteiger partial charge in [0.05, 0.1) is 9.86 Å². The van der Waals surface area contributed by atoms with Crippen molar-refractivity contribution in [3.8, 4) is 11.6 Å². The average Bonchev–Trinajstić information content (AvgIpc) is 3.00. The summed E-state index contributed by atoms with van der Waals surface area (Å²) in [5.74, 6) is 1.33. The van der Waals surface area contributed by atoms with Crippen LogP contribution in [0.4, 0.5) is 0 Å². The number of rotatable bonds is 2. The topological polar surface area (TPSA) is 35.0 Å². The standard InChI is InChI=1S/C16H9BrN2OS/c17-14-11-4-2-1-3-10(11)5-6-13(14)20-15-12-7-8-21-16(12)19-9-18-15/h1-9H. The maximum Gasteiger partial charge on any atom is 0.231 e. The fraction of sp³-hybridized carbons (Fsp3) is 0. The van der Waals surface area contributed by atoms with Gasteiger partial charge in [0, 0.05) is 0 Å². The first-order chi connectivity index (χ1) is 10.3. The van der Waals surface area contributed by atoms with Crippen LogP contribution in [-0.2, 0) is 0 Å². The second-order valence-electron chi connectivity index (χ2n) is 4.52. The molecule has 0 spiro atoms. The SMILES string of the molecule is Brc1c(Oc2ncnc3sccc23)ccc2ccccc12. The molecule has 102 valence electrons. The molecule has 2 heterocycles. The van der Waals surface area contributed by atoms with Crippen LogP contribution in [0, 0.1) is 0 Å². The fourth-order valence-electron chi connectivity index (χ4n) is 2.25. The van der Waals surface area contributed by atoms with Crippen LogP contribution < -0.4 is 4.74 Å². The van der Waals surface area contributed by atoms with E-state index in [1.165, 1.54) is 11.7 Å². The Morgan fingerprint density at radius 1 is 0.952 bits per heavy atom. The Bertz CT molecular complexity index is 951. The molecule has 0 radical (unpaired) electrons. The summed E-state index contributed by atoms with van der Waals surface area (Å²) in [6.45, 7) is 0. The van der Waals surface area contributed by atoms with E-state index in [4.69, 9.17) is 4.74 Å². The summed E-state index contributed by atoms with van der Waals surface area (Å²) in [5, 5.41) is 5.20. The van der Waals surface area contributed by atoms with E-state index in [1.807, 2.05) is 35.7 Å². The van der Waals surface area contributed by atoms with Crippen molar-refractivity contribution in [2.75, 3.05) is 0 Å². The number of thiophene rings is 1. The summed E-state index contributed by atoms with van der Waals surface area (Å²) < 4.78 is 6.93. The highest BCUT2D eigenvalue weighted by molar-refractivity contribution is 9.10. The van der Waals surface area contributed by atoms with Gasteiger partial charge in [-0.2, -0.15) is 0 Å². The second-order valence-corrected chi connectivity index (χ2v) is 6.21. The molecule has 0 bridgehead atoms. The quantitative estimate of drug-likeness (QED) is 0.482. The lowest BCUT2D eigenvalue weighted by atomic mass is 10.1. The number of fused-ring (bicyclic) bond motifs is 2. The second kappa shape index (κ2) is 5.09. The number of hydrogen-bond donors (Lipinski definition) is 0. The molecule has 4 rings (SSSR count). The van der Waals surface area contributed by atoms with Crippen LogP contribution >= 0.6 is 27.3 Å². The average molecular weight is 357 g/mol. The molecule has 0 amide bonds. The van der Waals surface area contributed by atoms with Crippen molar-refractivity contribution in [3.63, 3.8) is 0 Å². The molecule has 0 saturated heterocycles. The van der Waals surface area contributed by atoms with Gasteiger partial charge in [-0.1, -0.05) is 30.3 Å². The van der Waals surface area contributed by atoms with E-state index in [-0.39, 0.29) is 0 Å². The van der Waals surface area contributed by atoms with E-state index in [0.717, 1.165) is 25.8 Å². The first kappa shape index (κ1) is 12.7. The maximum absolute atomic E-state index is 6.00. The molecule has 2 aromatic heterocycles. The van der Waals surface area contributed by atoms with Crippen molar-refractivity contribution in [2.45, 2.75) is 0 Å². The van der Waals surface area contributed by atoms with Gasteiger partial charge in [-0.3, -0.25) is 0 Å². The number of nitrogens with zero attached hydrogens (tertiary/aromatic N) is 2. The van der Waals surface area contributed by atoms with E-state index in [1.54, 1.807) is 11.3 Å². The normalized spacial score (nSPS) is 11.1. The van der Waals surface area contributed by atoms with Gasteiger partial charge in [0.25, 0.3) is 0 Å². The first-order valence-corrected chi connectivity index (χ1v) is 8.03. The molecule has 0 aliphatic heterocycles. The van der Waals surface area contributed by atoms with E-state index in [2.05, 4.69) is 38.0 Å². The molecule has 5 heteroatoms. The van der Waals surface area contributed by atoms with Crippen molar-refractivity contribution in [1.82, 2.24) is 9.97 Å². The zero-order valence-electron chi connectivity index (χ0n) is 10.8. The fourth-order valence-corrected chi connectivity index (χ4v) is 3.54. The molecule has 21 heavy (non-hydrogen) atoms. The maximum atomic E-state index is 6.00. The molecule has 3 nitrogen and oxygen atoms in total. The number of aromatic nitrogens is 2. The van der Waals surface area contributed by atoms with Crippen LogP contribution in [0.25, 0.3) is 21.0 Å². The van der Waals surface area contributed by atoms with Crippen molar-refractivity contribution < 1.29 is 4.74 Å². The molecular weight excluding hydrogens is 348 g/mol. The highest BCUT2D eigenvalue weighted by Gasteiger charge is 2.11. The highest BCUT2D eigenvalue weighted by atomic mass is 79.9. The molecule has 2 aromatic carbocycles. The number of benzene rings is 2. The minimum absolute atomic E-state index is 0.581. The van der Waals surface area contributed by atoms with E-state index in [0.29, 0.717) is 5.88 Å². The van der Waals surface area contributed by atoms with Gasteiger partial charge in [0.1, 0.15) is 16.9 Å². The smallest absolute Gasteiger partial charge is 0.231 e. The summed E-state index contributed by atoms with van der Waals surface area (Å²) in [6, 6.07) is 14.1. The Morgan fingerprint density at radius 2 is 1.86 bits per heavy atom. The van der Waals surface area contributed by atoms with Gasteiger partial charge in [0.2, 0.25) is 5.88 Å². The number of halogens is 1. The van der Waals surface area contributed by atoms with Crippen LogP contribution in [0.1, 0.15) is 0 Å². The summed E-state index contributed by atoms with van der Waals surface area (Å²) in [6.07, 6.45) is 1.53. The van der Waals surface area contributed by atoms with Crippen molar-refractivity contribution in [1.29, 1.82) is 0 Å². The first-order valence-electron chi connectivity index (χ1n) is 6.36. The minimum Gasteiger partial charge on any atom is -0.437 e. The molecular formula is C16H9BrN2OS. The third-order valence-electron chi connectivity index (χ3n) is 3.26. The molecule has 0 N–H and O–H groups in total. The van der Waals surface area contributed by atoms with Gasteiger partial charge >= 0.3 is 0 Å². The Kier molecular flexibility index (Phi) is 3.09. The lowest BCUT2D eigenvalue weighted by molar-refractivity contribution is 0.466. The van der Waals surface area contributed by atoms with E-state index < -0.39 is 0 Å². The predicted octanol–water partition coefficient (Wildman–Crippen LogP) is 5.40. The molecule has 0 saturated carbocycles. The van der Waals surface area contributed by atoms with Gasteiger partial charge in [0.15, 0.2) is 0 Å². The Morgan fingerprint density at radius 3 is 2.81 bits per heavy atom. The van der Waals surface area contributed by atoms with Crippen molar-refractivity contribution in [2.24, 2.45) is 0 Å². The van der Waals surface area contributed by atoms with Gasteiger partial charge < -0.3 is 4.74 Å². The van der Waals surface area contributed by atoms with Gasteiger partial charge in [-0.25, -0.2) is 9.97 Å². The Labute approximate surface area is 133 Å². The lowest BCUT2D eigenvalue weighted by Crippen LogP contribution is -1.90. The largest absolute Gasteiger partial charge is 0.437 e. The van der Waals surface area contributed by atoms with Crippen LogP contribution in [0.5, 0.6) is 11.6 Å². The summed E-state index contributed by atoms with van der Waals surface area (Å²) in [7, 11) is 0. The van der Waals surface area contributed by atoms with Crippen LogP contribution in [0.2, 0.25) is 0 Å². The van der Waals surface area contributed by atoms with E-state index in [9.17, 15) is 0 Å². The number of ether oxygens (including phenoxy) is 1. The zero-order valence-corrected chi connectivity index (χ0v) is 13.2.